The number of ether oxygens (including phenoxy) is 4. The Balaban J connectivity index is 0.000000183. The molecule has 12 nitrogen and oxygen atoms in total. The van der Waals surface area contributed by atoms with Crippen LogP contribution in [0.3, 0.4) is 0 Å². The Bertz CT molecular complexity index is 3160. The number of para-hydroxylation sites is 1. The van der Waals surface area contributed by atoms with Crippen molar-refractivity contribution in [3.05, 3.63) is 128 Å². The summed E-state index contributed by atoms with van der Waals surface area (Å²) in [5, 5.41) is 4.47. The van der Waals surface area contributed by atoms with Crippen LogP contribution in [0.1, 0.15) is 147 Å². The zero-order chi connectivity index (χ0) is 62.9. The molecule has 3 aromatic rings. The van der Waals surface area contributed by atoms with Crippen LogP contribution in [0.4, 0.5) is 5.69 Å². The highest BCUT2D eigenvalue weighted by atomic mass is 16.5. The normalized spacial score (nSPS) is 34.4. The van der Waals surface area contributed by atoms with Gasteiger partial charge in [-0.3, -0.25) is 29.8 Å². The molecule has 6 aliphatic carbocycles. The van der Waals surface area contributed by atoms with Crippen LogP contribution < -0.4 is 10.2 Å². The summed E-state index contributed by atoms with van der Waals surface area (Å²) in [7, 11) is 1.66. The van der Waals surface area contributed by atoms with Gasteiger partial charge in [0.15, 0.2) is 0 Å². The number of methoxy groups -OCH3 is 1. The topological polar surface area (TPSA) is 154 Å². The highest BCUT2D eigenvalue weighted by molar-refractivity contribution is 5.86. The number of allylic oxidation sites excluding steroid dienone is 6. The van der Waals surface area contributed by atoms with Gasteiger partial charge in [0.25, 0.3) is 0 Å². The number of fused-ring (bicyclic) bond motifs is 6. The van der Waals surface area contributed by atoms with Crippen LogP contribution >= 0.6 is 0 Å². The lowest BCUT2D eigenvalue weighted by atomic mass is 9.66. The lowest BCUT2D eigenvalue weighted by Crippen LogP contribution is -2.41. The van der Waals surface area contributed by atoms with Crippen molar-refractivity contribution in [2.75, 3.05) is 26.9 Å². The Morgan fingerprint density at radius 1 is 0.518 bits per heavy atom. The van der Waals surface area contributed by atoms with Crippen molar-refractivity contribution in [2.45, 2.75) is 157 Å². The molecule has 6 aliphatic rings. The van der Waals surface area contributed by atoms with Crippen molar-refractivity contribution in [3.8, 4) is 5.75 Å². The molecule has 3 aromatic carbocycles. The molecule has 15 unspecified atom stereocenters. The van der Waals surface area contributed by atoms with Gasteiger partial charge >= 0.3 is 17.9 Å². The smallest absolute Gasteiger partial charge is 0.310 e. The van der Waals surface area contributed by atoms with Crippen molar-refractivity contribution in [3.63, 3.8) is 0 Å². The maximum atomic E-state index is 13.0. The third-order valence-corrected chi connectivity index (χ3v) is 24.1. The second-order valence-electron chi connectivity index (χ2n) is 26.6. The molecule has 0 saturated heterocycles. The van der Waals surface area contributed by atoms with Crippen LogP contribution in [0, 0.1) is 99.6 Å². The van der Waals surface area contributed by atoms with E-state index in [4.69, 9.17) is 28.9 Å². The maximum absolute atomic E-state index is 13.0. The van der Waals surface area contributed by atoms with Crippen molar-refractivity contribution in [2.24, 2.45) is 101 Å². The summed E-state index contributed by atoms with van der Waals surface area (Å²) in [6.45, 7) is 45.0. The SMILES string of the molecule is CCOC(=O)C1C(/C=N/N[C@H](C=O)Cc2ccccc2)C2(C)C(C)=C(C)C1(C)C2C.CCOC(=O)C1C(C=NCc2ccc(OC)cc2)C2(C)C(C)=C(C)C1(C)C2C.CCOC(=O)C1C(C=Nc2c(C)cccc2C)C2(C)C(C)=C(C)C1(C)C2C. The average Bonchev–Trinajstić information content (AvgIpc) is 1.56. The number of benzene rings is 3. The predicted octanol–water partition coefficient (Wildman–Crippen LogP) is 15.1. The van der Waals surface area contributed by atoms with Crippen LogP contribution in [-0.4, -0.2) is 75.8 Å². The molecule has 3 fully saturated rings. The fraction of sp³-hybridized carbons (Fsp3) is 0.575. The molecule has 12 heteroatoms. The van der Waals surface area contributed by atoms with E-state index in [-0.39, 0.29) is 85.9 Å². The summed E-state index contributed by atoms with van der Waals surface area (Å²) in [4.78, 5) is 60.2. The molecule has 0 radical (unpaired) electrons. The van der Waals surface area contributed by atoms with Crippen LogP contribution in [0.5, 0.6) is 5.75 Å². The van der Waals surface area contributed by atoms with Gasteiger partial charge in [-0.1, -0.05) is 156 Å². The third-order valence-electron chi connectivity index (χ3n) is 24.1. The van der Waals surface area contributed by atoms with E-state index in [1.165, 1.54) is 33.4 Å². The quantitative estimate of drug-likeness (QED) is 0.0327. The number of aryl methyl sites for hydroxylation is 2. The Morgan fingerprint density at radius 3 is 1.29 bits per heavy atom. The molecule has 6 bridgehead atoms. The monoisotopic (exact) mass is 1160 g/mol. The summed E-state index contributed by atoms with van der Waals surface area (Å²) in [5.41, 5.74) is 15.8. The van der Waals surface area contributed by atoms with E-state index in [2.05, 4.69) is 153 Å². The zero-order valence-electron chi connectivity index (χ0n) is 55.2. The molecule has 0 amide bonds. The minimum atomic E-state index is -0.414. The number of hydrazone groups is 1. The summed E-state index contributed by atoms with van der Waals surface area (Å²) in [6.07, 6.45) is 7.38. The van der Waals surface area contributed by atoms with Gasteiger partial charge in [0.05, 0.1) is 56.9 Å². The van der Waals surface area contributed by atoms with E-state index >= 15 is 0 Å². The fourth-order valence-corrected chi connectivity index (χ4v) is 17.5. The van der Waals surface area contributed by atoms with Gasteiger partial charge < -0.3 is 23.7 Å². The first kappa shape index (κ1) is 66.1. The Morgan fingerprint density at radius 2 is 0.906 bits per heavy atom. The van der Waals surface area contributed by atoms with Gasteiger partial charge in [0.2, 0.25) is 0 Å². The van der Waals surface area contributed by atoms with Gasteiger partial charge in [-0.05, 0) is 128 Å². The first-order valence-corrected chi connectivity index (χ1v) is 31.1. The van der Waals surface area contributed by atoms with E-state index in [0.29, 0.717) is 50.5 Å². The molecule has 0 spiro atoms. The average molecular weight is 1160 g/mol. The van der Waals surface area contributed by atoms with Gasteiger partial charge in [-0.15, -0.1) is 0 Å². The van der Waals surface area contributed by atoms with Crippen LogP contribution in [0.15, 0.2) is 121 Å². The molecule has 9 rings (SSSR count). The standard InChI is InChI=1S/C25H34N2O3.C24H33NO3.C24H33NO2/c1-7-30-23(29)22-21(24(5)16(2)17(3)25(22,6)18(24)4)14-26-27-20(15-28)13-19-11-9-8-10-12-19;1-8-28-22(26)21-20(14-25-13-18-9-11-19(27-7)12-10-18)23(5)15(2)16(3)24(21,6)17(23)4;1-9-27-22(26)20-19(13-25-21-14(2)11-10-12-15(21)3)23(7)16(4)17(5)24(20,8)18(23)6/h8-12,14-15,18,20-22,27H,7,13H2,1-6H3;9-12,14,17,20-21H,8,13H2,1-7H3;10-13,18-20H,9H2,1-8H3/b26-14+;;/t18?,20-,21?,22?,24?,25?;;/m0../s1. The second-order valence-corrected chi connectivity index (χ2v) is 26.6. The number of carbonyl (C=O) groups excluding carboxylic acids is 4. The lowest BCUT2D eigenvalue weighted by Gasteiger charge is -2.38. The summed E-state index contributed by atoms with van der Waals surface area (Å²) >= 11 is 0. The molecule has 0 aromatic heterocycles. The Kier molecular flexibility index (Phi) is 19.8. The van der Waals surface area contributed by atoms with Gasteiger partial charge in [0.1, 0.15) is 18.1 Å². The van der Waals surface area contributed by atoms with Gasteiger partial charge in [-0.25, -0.2) is 0 Å². The first-order valence-electron chi connectivity index (χ1n) is 31.1. The second kappa shape index (κ2) is 25.5. The molecular weight excluding hydrogens is 1060 g/mol. The van der Waals surface area contributed by atoms with Gasteiger partial charge in [0, 0.05) is 75.3 Å². The fourth-order valence-electron chi connectivity index (χ4n) is 17.5. The molecule has 0 aliphatic heterocycles. The third kappa shape index (κ3) is 10.7. The molecule has 460 valence electrons. The van der Waals surface area contributed by atoms with E-state index in [1.807, 2.05) is 87.8 Å². The summed E-state index contributed by atoms with van der Waals surface area (Å²) in [6, 6.07) is 23.6. The Labute approximate surface area is 509 Å². The number of aliphatic imine (C=N–C) groups is 2. The minimum absolute atomic E-state index is 0.0410. The molecule has 1 N–H and O–H groups in total. The van der Waals surface area contributed by atoms with E-state index < -0.39 is 6.04 Å². The predicted molar refractivity (Wildman–Crippen MR) is 343 cm³/mol. The Hall–Kier alpha value is -6.43. The number of carbonyl (C=O) groups is 4. The zero-order valence-corrected chi connectivity index (χ0v) is 55.2. The van der Waals surface area contributed by atoms with Crippen molar-refractivity contribution in [1.82, 2.24) is 5.43 Å². The molecule has 16 atom stereocenters. The largest absolute Gasteiger partial charge is 0.497 e. The van der Waals surface area contributed by atoms with Crippen molar-refractivity contribution in [1.29, 1.82) is 0 Å². The number of nitrogens with one attached hydrogen (secondary N) is 1. The first-order chi connectivity index (χ1) is 40.1. The maximum Gasteiger partial charge on any atom is 0.310 e. The summed E-state index contributed by atoms with van der Waals surface area (Å²) in [5.74, 6) is 0.894. The number of hydrogen-bond donors (Lipinski definition) is 1. The van der Waals surface area contributed by atoms with E-state index in [0.717, 1.165) is 40.0 Å². The number of nitrogens with zero attached hydrogens (tertiary/aromatic N) is 3. The minimum Gasteiger partial charge on any atom is -0.497 e. The van der Waals surface area contributed by atoms with Crippen molar-refractivity contribution < 1.29 is 38.1 Å². The molecule has 85 heavy (non-hydrogen) atoms. The molecule has 0 heterocycles. The highest BCUT2D eigenvalue weighted by Gasteiger charge is 2.72. The lowest BCUT2D eigenvalue weighted by molar-refractivity contribution is -0.153. The van der Waals surface area contributed by atoms with Crippen LogP contribution in [-0.2, 0) is 46.4 Å². The van der Waals surface area contributed by atoms with Crippen LogP contribution in [0.25, 0.3) is 0 Å². The van der Waals surface area contributed by atoms with Gasteiger partial charge in [-0.2, -0.15) is 5.10 Å². The van der Waals surface area contributed by atoms with Crippen molar-refractivity contribution >= 4 is 48.5 Å². The van der Waals surface area contributed by atoms with E-state index in [1.54, 1.807) is 7.11 Å². The molecule has 3 saturated carbocycles. The summed E-state index contributed by atoms with van der Waals surface area (Å²) < 4.78 is 21.7. The van der Waals surface area contributed by atoms with Crippen LogP contribution in [0.2, 0.25) is 0 Å². The number of hydrogen-bond acceptors (Lipinski definition) is 12. The highest BCUT2D eigenvalue weighted by Crippen LogP contribution is 2.74. The number of aldehydes is 1. The number of esters is 3. The number of rotatable bonds is 18. The molecular formula is C73H100N4O8. The van der Waals surface area contributed by atoms with E-state index in [9.17, 15) is 19.2 Å².